The van der Waals surface area contributed by atoms with Crippen molar-refractivity contribution in [2.24, 2.45) is 0 Å². The van der Waals surface area contributed by atoms with Crippen LogP contribution in [0.3, 0.4) is 0 Å². The van der Waals surface area contributed by atoms with Crippen LogP contribution in [-0.2, 0) is 4.79 Å². The minimum Gasteiger partial charge on any atom is -0.481 e. The van der Waals surface area contributed by atoms with Gasteiger partial charge in [-0.05, 0) is 25.1 Å². The van der Waals surface area contributed by atoms with E-state index >= 15 is 0 Å². The minimum absolute atomic E-state index is 0.0968. The SMILES string of the molecule is Cc1ccc(N(CCC(=O)O)C(=O)c2ccnnc2)cc1. The van der Waals surface area contributed by atoms with Crippen LogP contribution in [0.1, 0.15) is 22.3 Å². The quantitative estimate of drug-likeness (QED) is 0.907. The van der Waals surface area contributed by atoms with Gasteiger partial charge >= 0.3 is 5.97 Å². The number of amides is 1. The van der Waals surface area contributed by atoms with Crippen molar-refractivity contribution in [1.82, 2.24) is 10.2 Å². The fraction of sp³-hybridized carbons (Fsp3) is 0.200. The topological polar surface area (TPSA) is 83.4 Å². The van der Waals surface area contributed by atoms with Gasteiger partial charge in [-0.25, -0.2) is 0 Å². The van der Waals surface area contributed by atoms with Crippen molar-refractivity contribution in [2.45, 2.75) is 13.3 Å². The van der Waals surface area contributed by atoms with Crippen LogP contribution >= 0.6 is 0 Å². The lowest BCUT2D eigenvalue weighted by molar-refractivity contribution is -0.136. The first-order valence-corrected chi connectivity index (χ1v) is 6.45. The lowest BCUT2D eigenvalue weighted by Gasteiger charge is -2.22. The molecule has 0 bridgehead atoms. The molecule has 6 nitrogen and oxygen atoms in total. The third-order valence-electron chi connectivity index (χ3n) is 2.97. The maximum Gasteiger partial charge on any atom is 0.305 e. The van der Waals surface area contributed by atoms with Crippen molar-refractivity contribution in [2.75, 3.05) is 11.4 Å². The second kappa shape index (κ2) is 6.60. The molecule has 0 aliphatic rings. The summed E-state index contributed by atoms with van der Waals surface area (Å²) < 4.78 is 0. The summed E-state index contributed by atoms with van der Waals surface area (Å²) >= 11 is 0. The van der Waals surface area contributed by atoms with Gasteiger partial charge in [0.1, 0.15) is 0 Å². The first kappa shape index (κ1) is 14.6. The van der Waals surface area contributed by atoms with Crippen LogP contribution in [0.4, 0.5) is 5.69 Å². The Morgan fingerprint density at radius 1 is 1.14 bits per heavy atom. The van der Waals surface area contributed by atoms with Gasteiger partial charge in [-0.3, -0.25) is 9.59 Å². The highest BCUT2D eigenvalue weighted by atomic mass is 16.4. The number of nitrogens with zero attached hydrogens (tertiary/aromatic N) is 3. The van der Waals surface area contributed by atoms with E-state index in [9.17, 15) is 9.59 Å². The predicted octanol–water partition coefficient (Wildman–Crippen LogP) is 1.91. The Morgan fingerprint density at radius 3 is 2.43 bits per heavy atom. The Bertz CT molecular complexity index is 626. The molecule has 0 radical (unpaired) electrons. The van der Waals surface area contributed by atoms with Crippen molar-refractivity contribution >= 4 is 17.6 Å². The van der Waals surface area contributed by atoms with E-state index in [1.54, 1.807) is 18.2 Å². The lowest BCUT2D eigenvalue weighted by atomic mass is 10.2. The van der Waals surface area contributed by atoms with Gasteiger partial charge in [0, 0.05) is 12.2 Å². The number of carbonyl (C=O) groups excluding carboxylic acids is 1. The fourth-order valence-electron chi connectivity index (χ4n) is 1.85. The molecule has 1 N–H and O–H groups in total. The van der Waals surface area contributed by atoms with Crippen LogP contribution in [-0.4, -0.2) is 33.7 Å². The van der Waals surface area contributed by atoms with Gasteiger partial charge in [0.25, 0.3) is 5.91 Å². The Balaban J connectivity index is 2.29. The van der Waals surface area contributed by atoms with E-state index in [-0.39, 0.29) is 18.9 Å². The van der Waals surface area contributed by atoms with Gasteiger partial charge in [0.15, 0.2) is 0 Å². The smallest absolute Gasteiger partial charge is 0.305 e. The number of carboxylic acid groups (broad SMARTS) is 1. The molecular formula is C15H15N3O3. The van der Waals surface area contributed by atoms with Gasteiger partial charge in [-0.2, -0.15) is 10.2 Å². The van der Waals surface area contributed by atoms with Crippen molar-refractivity contribution < 1.29 is 14.7 Å². The van der Waals surface area contributed by atoms with Crippen molar-refractivity contribution in [3.05, 3.63) is 53.9 Å². The van der Waals surface area contributed by atoms with E-state index in [1.165, 1.54) is 17.3 Å². The van der Waals surface area contributed by atoms with Crippen LogP contribution in [0.25, 0.3) is 0 Å². The number of carboxylic acids is 1. The summed E-state index contributed by atoms with van der Waals surface area (Å²) in [6.45, 7) is 2.04. The summed E-state index contributed by atoms with van der Waals surface area (Å²) in [6, 6.07) is 8.90. The minimum atomic E-state index is -0.951. The van der Waals surface area contributed by atoms with Gasteiger partial charge in [-0.15, -0.1) is 0 Å². The van der Waals surface area contributed by atoms with E-state index < -0.39 is 5.97 Å². The first-order valence-electron chi connectivity index (χ1n) is 6.45. The summed E-state index contributed by atoms with van der Waals surface area (Å²) in [5.74, 6) is -1.25. The molecule has 0 unspecified atom stereocenters. The molecule has 0 fully saturated rings. The summed E-state index contributed by atoms with van der Waals surface area (Å²) in [5.41, 5.74) is 2.09. The van der Waals surface area contributed by atoms with Crippen LogP contribution in [0.2, 0.25) is 0 Å². The van der Waals surface area contributed by atoms with Gasteiger partial charge in [-0.1, -0.05) is 17.7 Å². The molecule has 1 heterocycles. The fourth-order valence-corrected chi connectivity index (χ4v) is 1.85. The molecule has 0 aliphatic heterocycles. The second-order valence-corrected chi connectivity index (χ2v) is 4.57. The predicted molar refractivity (Wildman–Crippen MR) is 77.1 cm³/mol. The molecule has 0 aliphatic carbocycles. The van der Waals surface area contributed by atoms with Crippen molar-refractivity contribution in [3.63, 3.8) is 0 Å². The Morgan fingerprint density at radius 2 is 1.86 bits per heavy atom. The average molecular weight is 285 g/mol. The molecule has 2 rings (SSSR count). The Labute approximate surface area is 122 Å². The number of aliphatic carboxylic acids is 1. The van der Waals surface area contributed by atoms with E-state index in [4.69, 9.17) is 5.11 Å². The number of aryl methyl sites for hydroxylation is 1. The zero-order valence-electron chi connectivity index (χ0n) is 11.6. The van der Waals surface area contributed by atoms with E-state index in [0.717, 1.165) is 5.56 Å². The third-order valence-corrected chi connectivity index (χ3v) is 2.97. The normalized spacial score (nSPS) is 10.1. The maximum absolute atomic E-state index is 12.5. The second-order valence-electron chi connectivity index (χ2n) is 4.57. The first-order chi connectivity index (χ1) is 10.1. The number of rotatable bonds is 5. The molecule has 108 valence electrons. The number of anilines is 1. The van der Waals surface area contributed by atoms with Gasteiger partial charge < -0.3 is 10.0 Å². The number of aromatic nitrogens is 2. The number of hydrogen-bond acceptors (Lipinski definition) is 4. The molecule has 2 aromatic rings. The van der Waals surface area contributed by atoms with E-state index in [0.29, 0.717) is 11.3 Å². The molecule has 0 saturated heterocycles. The summed E-state index contributed by atoms with van der Waals surface area (Å²) in [7, 11) is 0. The van der Waals surface area contributed by atoms with Crippen molar-refractivity contribution in [3.8, 4) is 0 Å². The zero-order valence-corrected chi connectivity index (χ0v) is 11.6. The maximum atomic E-state index is 12.5. The molecule has 21 heavy (non-hydrogen) atoms. The van der Waals surface area contributed by atoms with Crippen LogP contribution in [0.15, 0.2) is 42.7 Å². The van der Waals surface area contributed by atoms with Crippen LogP contribution < -0.4 is 4.90 Å². The molecule has 1 aromatic carbocycles. The van der Waals surface area contributed by atoms with Crippen LogP contribution in [0, 0.1) is 6.92 Å². The molecule has 6 heteroatoms. The van der Waals surface area contributed by atoms with E-state index in [2.05, 4.69) is 10.2 Å². The van der Waals surface area contributed by atoms with E-state index in [1.807, 2.05) is 19.1 Å². The summed E-state index contributed by atoms with van der Waals surface area (Å²) in [4.78, 5) is 24.7. The molecular weight excluding hydrogens is 270 g/mol. The van der Waals surface area contributed by atoms with Crippen LogP contribution in [0.5, 0.6) is 0 Å². The molecule has 0 spiro atoms. The lowest BCUT2D eigenvalue weighted by Crippen LogP contribution is -2.33. The zero-order chi connectivity index (χ0) is 15.2. The summed E-state index contributed by atoms with van der Waals surface area (Å²) in [5, 5.41) is 16.2. The standard InChI is InChI=1S/C15H15N3O3/c1-11-2-4-13(5-3-11)18(9-7-14(19)20)15(21)12-6-8-16-17-10-12/h2-6,8,10H,7,9H2,1H3,(H,19,20). The molecule has 0 saturated carbocycles. The molecule has 1 aromatic heterocycles. The third kappa shape index (κ3) is 3.85. The largest absolute Gasteiger partial charge is 0.481 e. The number of hydrogen-bond donors (Lipinski definition) is 1. The average Bonchev–Trinajstić information content (AvgIpc) is 2.49. The molecule has 1 amide bonds. The Hall–Kier alpha value is -2.76. The highest BCUT2D eigenvalue weighted by Crippen LogP contribution is 2.18. The number of carbonyl (C=O) groups is 2. The highest BCUT2D eigenvalue weighted by Gasteiger charge is 2.18. The molecule has 0 atom stereocenters. The number of benzene rings is 1. The van der Waals surface area contributed by atoms with Gasteiger partial charge in [0.2, 0.25) is 0 Å². The summed E-state index contributed by atoms with van der Waals surface area (Å²) in [6.07, 6.45) is 2.67. The van der Waals surface area contributed by atoms with Gasteiger partial charge in [0.05, 0.1) is 24.4 Å². The highest BCUT2D eigenvalue weighted by molar-refractivity contribution is 6.06. The Kier molecular flexibility index (Phi) is 4.61. The van der Waals surface area contributed by atoms with Crippen molar-refractivity contribution in [1.29, 1.82) is 0 Å². The monoisotopic (exact) mass is 285 g/mol.